The number of benzene rings is 2. The minimum Gasteiger partial charge on any atom is -0.497 e. The van der Waals surface area contributed by atoms with Crippen LogP contribution in [-0.2, 0) is 18.1 Å². The van der Waals surface area contributed by atoms with Crippen molar-refractivity contribution in [2.24, 2.45) is 0 Å². The maximum atomic E-state index is 12.3. The summed E-state index contributed by atoms with van der Waals surface area (Å²) < 4.78 is 52.7. The van der Waals surface area contributed by atoms with Crippen molar-refractivity contribution in [2.75, 3.05) is 19.0 Å². The molecule has 0 fully saturated rings. The average Bonchev–Trinajstić information content (AvgIpc) is 3.19. The summed E-state index contributed by atoms with van der Waals surface area (Å²) in [6, 6.07) is 14.0. The standard InChI is InChI=1S/C21H20F3N3O4/c1-29-18-6-8-19(9-7-18)31-12-15-2-4-16(5-3-15)20(28)26-17-10-25-27(11-17)14-30-13-21(22,23)24/h2-11H,12-14H2,1H3,(H,26,28). The summed E-state index contributed by atoms with van der Waals surface area (Å²) in [6.45, 7) is -1.42. The minimum absolute atomic E-state index is 0.332. The third-order valence-electron chi connectivity index (χ3n) is 4.06. The molecule has 7 nitrogen and oxygen atoms in total. The van der Waals surface area contributed by atoms with Gasteiger partial charge in [0.05, 0.1) is 25.2 Å². The van der Waals surface area contributed by atoms with E-state index in [-0.39, 0.29) is 12.6 Å². The lowest BCUT2D eigenvalue weighted by atomic mass is 10.1. The number of halogens is 3. The van der Waals surface area contributed by atoms with Gasteiger partial charge in [-0.25, -0.2) is 4.68 Å². The van der Waals surface area contributed by atoms with Gasteiger partial charge in [-0.15, -0.1) is 0 Å². The molecule has 1 N–H and O–H groups in total. The van der Waals surface area contributed by atoms with Crippen molar-refractivity contribution in [1.82, 2.24) is 9.78 Å². The Bertz CT molecular complexity index is 986. The Morgan fingerprint density at radius 3 is 2.39 bits per heavy atom. The van der Waals surface area contributed by atoms with Crippen LogP contribution in [0.15, 0.2) is 60.9 Å². The van der Waals surface area contributed by atoms with E-state index in [1.165, 1.54) is 12.4 Å². The lowest BCUT2D eigenvalue weighted by Crippen LogP contribution is -2.18. The quantitative estimate of drug-likeness (QED) is 0.544. The Balaban J connectivity index is 1.48. The van der Waals surface area contributed by atoms with E-state index in [0.29, 0.717) is 23.6 Å². The van der Waals surface area contributed by atoms with Crippen LogP contribution in [0.4, 0.5) is 18.9 Å². The highest BCUT2D eigenvalue weighted by Crippen LogP contribution is 2.19. The lowest BCUT2D eigenvalue weighted by Gasteiger charge is -2.08. The zero-order chi connectivity index (χ0) is 22.3. The van der Waals surface area contributed by atoms with Crippen LogP contribution in [0.1, 0.15) is 15.9 Å². The Hall–Kier alpha value is -3.53. The normalized spacial score (nSPS) is 11.2. The first kappa shape index (κ1) is 22.2. The number of hydrogen-bond acceptors (Lipinski definition) is 5. The van der Waals surface area contributed by atoms with E-state index < -0.39 is 12.8 Å². The number of anilines is 1. The van der Waals surface area contributed by atoms with Crippen molar-refractivity contribution in [2.45, 2.75) is 19.5 Å². The molecule has 3 aromatic rings. The lowest BCUT2D eigenvalue weighted by molar-refractivity contribution is -0.182. The number of carbonyl (C=O) groups is 1. The maximum absolute atomic E-state index is 12.3. The molecule has 0 aliphatic heterocycles. The van der Waals surface area contributed by atoms with Crippen molar-refractivity contribution >= 4 is 11.6 Å². The third kappa shape index (κ3) is 7.03. The molecule has 3 rings (SSSR count). The number of amides is 1. The first-order chi connectivity index (χ1) is 14.8. The highest BCUT2D eigenvalue weighted by Gasteiger charge is 2.27. The molecule has 1 heterocycles. The number of methoxy groups -OCH3 is 1. The molecule has 10 heteroatoms. The topological polar surface area (TPSA) is 74.6 Å². The smallest absolute Gasteiger partial charge is 0.411 e. The van der Waals surface area contributed by atoms with Gasteiger partial charge in [-0.3, -0.25) is 4.79 Å². The summed E-state index contributed by atoms with van der Waals surface area (Å²) in [7, 11) is 1.59. The zero-order valence-electron chi connectivity index (χ0n) is 16.6. The predicted octanol–water partition coefficient (Wildman–Crippen LogP) is 4.26. The van der Waals surface area contributed by atoms with E-state index in [1.807, 2.05) is 0 Å². The highest BCUT2D eigenvalue weighted by atomic mass is 19.4. The number of rotatable bonds is 9. The van der Waals surface area contributed by atoms with Gasteiger partial charge >= 0.3 is 6.18 Å². The number of hydrogen-bond donors (Lipinski definition) is 1. The molecule has 0 atom stereocenters. The Kier molecular flexibility index (Phi) is 7.14. The first-order valence-electron chi connectivity index (χ1n) is 9.16. The van der Waals surface area contributed by atoms with E-state index in [9.17, 15) is 18.0 Å². The number of carbonyl (C=O) groups excluding carboxylic acids is 1. The third-order valence-corrected chi connectivity index (χ3v) is 4.06. The average molecular weight is 435 g/mol. The summed E-state index contributed by atoms with van der Waals surface area (Å²) in [5, 5.41) is 6.48. The fraction of sp³-hybridized carbons (Fsp3) is 0.238. The van der Waals surface area contributed by atoms with E-state index in [4.69, 9.17) is 9.47 Å². The van der Waals surface area contributed by atoms with E-state index >= 15 is 0 Å². The Morgan fingerprint density at radius 1 is 1.06 bits per heavy atom. The van der Waals surface area contributed by atoms with Crippen molar-refractivity contribution in [1.29, 1.82) is 0 Å². The Morgan fingerprint density at radius 2 is 1.74 bits per heavy atom. The van der Waals surface area contributed by atoms with Gasteiger partial charge in [0.15, 0.2) is 0 Å². The van der Waals surface area contributed by atoms with Crippen LogP contribution >= 0.6 is 0 Å². The van der Waals surface area contributed by atoms with E-state index in [1.54, 1.807) is 55.6 Å². The molecule has 0 radical (unpaired) electrons. The van der Waals surface area contributed by atoms with Gasteiger partial charge in [0.25, 0.3) is 5.91 Å². The molecule has 0 bridgehead atoms. The van der Waals surface area contributed by atoms with Crippen molar-refractivity contribution < 1.29 is 32.2 Å². The predicted molar refractivity (Wildman–Crippen MR) is 106 cm³/mol. The van der Waals surface area contributed by atoms with Crippen LogP contribution < -0.4 is 14.8 Å². The van der Waals surface area contributed by atoms with Gasteiger partial charge in [0, 0.05) is 5.56 Å². The molecule has 0 aliphatic rings. The largest absolute Gasteiger partial charge is 0.497 e. The monoisotopic (exact) mass is 435 g/mol. The summed E-state index contributed by atoms with van der Waals surface area (Å²) in [5.74, 6) is 1.05. The molecular weight excluding hydrogens is 415 g/mol. The molecule has 1 aromatic heterocycles. The second-order valence-corrected chi connectivity index (χ2v) is 6.48. The number of alkyl halides is 3. The first-order valence-corrected chi connectivity index (χ1v) is 9.16. The summed E-state index contributed by atoms with van der Waals surface area (Å²) in [4.78, 5) is 12.3. The number of ether oxygens (including phenoxy) is 3. The van der Waals surface area contributed by atoms with Crippen molar-refractivity contribution in [3.8, 4) is 11.5 Å². The van der Waals surface area contributed by atoms with Crippen LogP contribution in [0.25, 0.3) is 0 Å². The molecular formula is C21H20F3N3O4. The van der Waals surface area contributed by atoms with Gasteiger partial charge in [-0.2, -0.15) is 18.3 Å². The summed E-state index contributed by atoms with van der Waals surface area (Å²) >= 11 is 0. The fourth-order valence-electron chi connectivity index (χ4n) is 2.55. The SMILES string of the molecule is COc1ccc(OCc2ccc(C(=O)Nc3cnn(COCC(F)(F)F)c3)cc2)cc1. The summed E-state index contributed by atoms with van der Waals surface area (Å²) in [6.07, 6.45) is -1.70. The highest BCUT2D eigenvalue weighted by molar-refractivity contribution is 6.04. The minimum atomic E-state index is -4.41. The molecule has 2 aromatic carbocycles. The second kappa shape index (κ2) is 9.98. The zero-order valence-corrected chi connectivity index (χ0v) is 16.6. The van der Waals surface area contributed by atoms with Gasteiger partial charge in [0.1, 0.15) is 31.4 Å². The molecule has 0 unspecified atom stereocenters. The molecule has 31 heavy (non-hydrogen) atoms. The second-order valence-electron chi connectivity index (χ2n) is 6.48. The molecule has 0 saturated heterocycles. The maximum Gasteiger partial charge on any atom is 0.411 e. The molecule has 0 aliphatic carbocycles. The van der Waals surface area contributed by atoms with Crippen LogP contribution in [-0.4, -0.2) is 35.6 Å². The van der Waals surface area contributed by atoms with E-state index in [2.05, 4.69) is 15.2 Å². The van der Waals surface area contributed by atoms with Gasteiger partial charge in [-0.05, 0) is 42.0 Å². The molecule has 164 valence electrons. The number of aromatic nitrogens is 2. The van der Waals surface area contributed by atoms with E-state index in [0.717, 1.165) is 16.0 Å². The molecule has 1 amide bonds. The van der Waals surface area contributed by atoms with Crippen molar-refractivity contribution in [3.63, 3.8) is 0 Å². The van der Waals surface area contributed by atoms with Crippen LogP contribution in [0, 0.1) is 0 Å². The van der Waals surface area contributed by atoms with Crippen molar-refractivity contribution in [3.05, 3.63) is 72.1 Å². The Labute approximate surface area is 176 Å². The number of nitrogens with one attached hydrogen (secondary N) is 1. The number of nitrogens with zero attached hydrogens (tertiary/aromatic N) is 2. The van der Waals surface area contributed by atoms with Crippen LogP contribution in [0.5, 0.6) is 11.5 Å². The molecule has 0 saturated carbocycles. The molecule has 0 spiro atoms. The fourth-order valence-corrected chi connectivity index (χ4v) is 2.55. The van der Waals surface area contributed by atoms with Gasteiger partial charge in [-0.1, -0.05) is 12.1 Å². The van der Waals surface area contributed by atoms with Crippen LogP contribution in [0.3, 0.4) is 0 Å². The van der Waals surface area contributed by atoms with Gasteiger partial charge in [0.2, 0.25) is 0 Å². The summed E-state index contributed by atoms with van der Waals surface area (Å²) in [5.41, 5.74) is 1.63. The van der Waals surface area contributed by atoms with Gasteiger partial charge < -0.3 is 19.5 Å². The van der Waals surface area contributed by atoms with Crippen LogP contribution in [0.2, 0.25) is 0 Å².